The summed E-state index contributed by atoms with van der Waals surface area (Å²) in [6.07, 6.45) is 6.39. The number of ether oxygens (including phenoxy) is 1. The van der Waals surface area contributed by atoms with Crippen molar-refractivity contribution in [2.24, 2.45) is 17.8 Å². The van der Waals surface area contributed by atoms with Crippen LogP contribution in [0.2, 0.25) is 0 Å². The van der Waals surface area contributed by atoms with E-state index in [1.54, 1.807) is 22.7 Å². The number of benzene rings is 2. The molecule has 4 N–H and O–H groups in total. The van der Waals surface area contributed by atoms with E-state index in [1.807, 2.05) is 13.0 Å². The third-order valence-corrected chi connectivity index (χ3v) is 11.5. The molecule has 15 heteroatoms. The molecular formula is C39H47F2N8O5+. The molecule has 13 nitrogen and oxygen atoms in total. The second-order valence-electron chi connectivity index (χ2n) is 15.1. The summed E-state index contributed by atoms with van der Waals surface area (Å²) in [7, 11) is 3.51. The maximum atomic E-state index is 14.9. The topological polar surface area (TPSA) is 150 Å². The first-order valence-corrected chi connectivity index (χ1v) is 18.6. The number of anilines is 2. The van der Waals surface area contributed by atoms with E-state index in [0.717, 1.165) is 47.7 Å². The van der Waals surface area contributed by atoms with Gasteiger partial charge in [-0.1, -0.05) is 6.92 Å². The minimum absolute atomic E-state index is 0.0192. The van der Waals surface area contributed by atoms with Crippen molar-refractivity contribution in [1.29, 1.82) is 0 Å². The summed E-state index contributed by atoms with van der Waals surface area (Å²) in [5.74, 6) is -2.00. The fraction of sp³-hybridized carbons (Fsp3) is 0.462. The number of carboxylic acid groups (broad SMARTS) is 1. The number of aromatic nitrogens is 3. The number of hydrogen-bond donors (Lipinski definition) is 4. The van der Waals surface area contributed by atoms with E-state index in [0.29, 0.717) is 73.0 Å². The summed E-state index contributed by atoms with van der Waals surface area (Å²) in [6.45, 7) is 7.27. The highest BCUT2D eigenvalue weighted by Gasteiger charge is 2.44. The maximum Gasteiger partial charge on any atom is 0.414 e. The molecule has 0 spiro atoms. The van der Waals surface area contributed by atoms with Crippen molar-refractivity contribution in [1.82, 2.24) is 29.9 Å². The molecule has 286 valence electrons. The molecule has 0 radical (unpaired) electrons. The molecule has 1 saturated carbocycles. The highest BCUT2D eigenvalue weighted by molar-refractivity contribution is 5.96. The van der Waals surface area contributed by atoms with Gasteiger partial charge in [-0.05, 0) is 61.1 Å². The first-order chi connectivity index (χ1) is 26.0. The van der Waals surface area contributed by atoms with Crippen LogP contribution in [0.15, 0.2) is 48.9 Å². The average molecular weight is 746 g/mol. The smallest absolute Gasteiger partial charge is 0.414 e. The number of imidazole rings is 1. The van der Waals surface area contributed by atoms with Gasteiger partial charge in [0.15, 0.2) is 23.0 Å². The zero-order valence-corrected chi connectivity index (χ0v) is 30.8. The number of fused-ring (bicyclic) bond motifs is 1. The highest BCUT2D eigenvalue weighted by atomic mass is 19.2. The molecule has 7 rings (SSSR count). The van der Waals surface area contributed by atoms with Gasteiger partial charge in [-0.2, -0.15) is 4.39 Å². The molecule has 0 unspecified atom stereocenters. The Morgan fingerprint density at radius 3 is 2.50 bits per heavy atom. The number of carbonyl (C=O) groups excluding carboxylic acids is 2. The molecule has 2 aromatic carbocycles. The van der Waals surface area contributed by atoms with E-state index in [2.05, 4.69) is 33.0 Å². The predicted octanol–water partition coefficient (Wildman–Crippen LogP) is 5.08. The van der Waals surface area contributed by atoms with Crippen molar-refractivity contribution in [3.05, 3.63) is 71.7 Å². The Bertz CT molecular complexity index is 2060. The molecule has 2 aliphatic heterocycles. The van der Waals surface area contributed by atoms with Crippen LogP contribution in [0.1, 0.15) is 48.5 Å². The number of piperidine rings is 1. The summed E-state index contributed by atoms with van der Waals surface area (Å²) in [4.78, 5) is 48.9. The number of quaternary nitrogens is 1. The second kappa shape index (κ2) is 15.3. The number of nitrogens with one attached hydrogen (secondary N) is 3. The predicted molar refractivity (Wildman–Crippen MR) is 198 cm³/mol. The molecule has 2 saturated heterocycles. The van der Waals surface area contributed by atoms with Gasteiger partial charge in [0, 0.05) is 79.6 Å². The number of nitrogens with zero attached hydrogens (tertiary/aromatic N) is 5. The minimum atomic E-state index is -1.20. The standard InChI is InChI=1S/C39H46F2N8O5/c1-4-25-17-27(46-35-36-44-21-31(47(36)12-11-43-35)30-7-8-32(54-3)34(41)33(30)40)5-6-29(25)37(50)45-20-23-15-28(16-23)48(39(52)53)38(51)26-9-13-49(2,14-10-26)22-24-18-42-19-24/h5-8,11-12,17,21,23-24,26,28,42H,4,9-10,13-16,18-20,22H2,1-3H3,(H2-,43,45,46,50,52,53)/p+1. The van der Waals surface area contributed by atoms with Gasteiger partial charge >= 0.3 is 6.09 Å². The fourth-order valence-corrected chi connectivity index (χ4v) is 8.18. The summed E-state index contributed by atoms with van der Waals surface area (Å²) in [5.41, 5.74) is 2.72. The van der Waals surface area contributed by atoms with Crippen molar-refractivity contribution >= 4 is 35.1 Å². The normalized spacial score (nSPS) is 22.6. The number of amides is 3. The van der Waals surface area contributed by atoms with Gasteiger partial charge < -0.3 is 30.3 Å². The summed E-state index contributed by atoms with van der Waals surface area (Å²) < 4.78 is 36.8. The molecular weight excluding hydrogens is 698 g/mol. The first kappa shape index (κ1) is 37.2. The van der Waals surface area contributed by atoms with Gasteiger partial charge in [0.2, 0.25) is 11.7 Å². The Morgan fingerprint density at radius 1 is 1.07 bits per heavy atom. The van der Waals surface area contributed by atoms with Crippen molar-refractivity contribution in [3.63, 3.8) is 0 Å². The van der Waals surface area contributed by atoms with Crippen LogP contribution in [-0.4, -0.2) is 106 Å². The number of imide groups is 1. The number of rotatable bonds is 12. The number of methoxy groups -OCH3 is 1. The lowest BCUT2D eigenvalue weighted by Crippen LogP contribution is -2.60. The van der Waals surface area contributed by atoms with Crippen molar-refractivity contribution in [2.75, 3.05) is 58.7 Å². The Kier molecular flexibility index (Phi) is 10.5. The maximum absolute atomic E-state index is 14.9. The zero-order valence-electron chi connectivity index (χ0n) is 30.8. The quantitative estimate of drug-likeness (QED) is 0.146. The fourth-order valence-electron chi connectivity index (χ4n) is 8.18. The van der Waals surface area contributed by atoms with Crippen molar-refractivity contribution in [3.8, 4) is 17.0 Å². The average Bonchev–Trinajstić information content (AvgIpc) is 3.56. The summed E-state index contributed by atoms with van der Waals surface area (Å²) >= 11 is 0. The molecule has 54 heavy (non-hydrogen) atoms. The molecule has 2 aromatic heterocycles. The molecule has 4 aromatic rings. The van der Waals surface area contributed by atoms with Gasteiger partial charge in [0.05, 0.1) is 45.7 Å². The van der Waals surface area contributed by atoms with Gasteiger partial charge in [-0.3, -0.25) is 14.0 Å². The third-order valence-electron chi connectivity index (χ3n) is 11.5. The number of hydrogen-bond acceptors (Lipinski definition) is 8. The zero-order chi connectivity index (χ0) is 38.1. The van der Waals surface area contributed by atoms with Crippen molar-refractivity contribution < 1.29 is 37.5 Å². The van der Waals surface area contributed by atoms with Crippen LogP contribution in [-0.2, 0) is 11.2 Å². The highest BCUT2D eigenvalue weighted by Crippen LogP contribution is 2.35. The molecule has 0 atom stereocenters. The Balaban J connectivity index is 0.942. The van der Waals surface area contributed by atoms with E-state index in [1.165, 1.54) is 31.6 Å². The van der Waals surface area contributed by atoms with Crippen LogP contribution in [0.4, 0.5) is 25.1 Å². The largest absolute Gasteiger partial charge is 0.494 e. The Morgan fingerprint density at radius 2 is 1.83 bits per heavy atom. The number of halogens is 2. The third kappa shape index (κ3) is 7.34. The molecule has 3 amide bonds. The van der Waals surface area contributed by atoms with Gasteiger partial charge in [0.1, 0.15) is 0 Å². The number of carbonyl (C=O) groups is 3. The van der Waals surface area contributed by atoms with E-state index in [9.17, 15) is 28.3 Å². The molecule has 0 bridgehead atoms. The van der Waals surface area contributed by atoms with Crippen LogP contribution in [0.25, 0.3) is 16.9 Å². The van der Waals surface area contributed by atoms with Crippen LogP contribution in [0.3, 0.4) is 0 Å². The SMILES string of the molecule is CCc1cc(Nc2nccn3c(-c4ccc(OC)c(F)c4F)cnc23)ccc1C(=O)NCC1CC(N(C(=O)O)C(=O)C2CC[N+](C)(CC3CNC3)CC2)C1. The monoisotopic (exact) mass is 745 g/mol. The molecule has 4 heterocycles. The van der Waals surface area contributed by atoms with E-state index < -0.39 is 17.7 Å². The van der Waals surface area contributed by atoms with Crippen LogP contribution >= 0.6 is 0 Å². The molecule has 3 aliphatic rings. The van der Waals surface area contributed by atoms with Crippen molar-refractivity contribution in [2.45, 2.75) is 45.1 Å². The number of aryl methyl sites for hydroxylation is 1. The van der Waals surface area contributed by atoms with E-state index >= 15 is 0 Å². The summed E-state index contributed by atoms with van der Waals surface area (Å²) in [5, 5.41) is 19.6. The van der Waals surface area contributed by atoms with Crippen LogP contribution < -0.4 is 20.7 Å². The van der Waals surface area contributed by atoms with Gasteiger partial charge in [0.25, 0.3) is 5.91 Å². The first-order valence-electron chi connectivity index (χ1n) is 18.6. The lowest BCUT2D eigenvalue weighted by molar-refractivity contribution is -0.918. The summed E-state index contributed by atoms with van der Waals surface area (Å²) in [6, 6.07) is 7.76. The number of likely N-dealkylation sites (tertiary alicyclic amines) is 1. The Hall–Kier alpha value is -5.15. The minimum Gasteiger partial charge on any atom is -0.494 e. The van der Waals surface area contributed by atoms with E-state index in [-0.39, 0.29) is 41.0 Å². The lowest BCUT2D eigenvalue weighted by Gasteiger charge is -2.46. The van der Waals surface area contributed by atoms with Gasteiger partial charge in [-0.15, -0.1) is 0 Å². The molecule has 3 fully saturated rings. The van der Waals surface area contributed by atoms with Crippen LogP contribution in [0, 0.1) is 29.4 Å². The molecule has 1 aliphatic carbocycles. The second-order valence-corrected chi connectivity index (χ2v) is 15.1. The van der Waals surface area contributed by atoms with Gasteiger partial charge in [-0.25, -0.2) is 24.1 Å². The Labute approximate surface area is 312 Å². The van der Waals surface area contributed by atoms with E-state index in [4.69, 9.17) is 4.74 Å². The van der Waals surface area contributed by atoms with Crippen LogP contribution in [0.5, 0.6) is 5.75 Å². The lowest BCUT2D eigenvalue weighted by atomic mass is 9.78.